The lowest BCUT2D eigenvalue weighted by Gasteiger charge is -2.40. The molecule has 5 heterocycles. The van der Waals surface area contributed by atoms with E-state index in [0.29, 0.717) is 75.9 Å². The second-order valence-corrected chi connectivity index (χ2v) is 12.5. The first-order valence-electron chi connectivity index (χ1n) is 12.2. The molecule has 1 N–H and O–H groups in total. The number of hydrogen-bond acceptors (Lipinski definition) is 9. The average molecular weight is 516 g/mol. The van der Waals surface area contributed by atoms with Gasteiger partial charge in [-0.1, -0.05) is 12.1 Å². The summed E-state index contributed by atoms with van der Waals surface area (Å²) in [7, 11) is -3.53. The number of sulfone groups is 1. The van der Waals surface area contributed by atoms with Crippen LogP contribution >= 0.6 is 0 Å². The number of nitrogens with zero attached hydrogens (tertiary/aromatic N) is 5. The molecule has 0 bridgehead atoms. The van der Waals surface area contributed by atoms with Crippen LogP contribution < -0.4 is 19.1 Å². The number of imidazole rings is 1. The minimum absolute atomic E-state index is 0.00915. The van der Waals surface area contributed by atoms with Gasteiger partial charge in [-0.3, -0.25) is 9.88 Å². The fraction of sp³-hybridized carbons (Fsp3) is 0.542. The normalized spacial score (nSPS) is 20.7. The summed E-state index contributed by atoms with van der Waals surface area (Å²) in [5.74, 6) is 2.27. The largest absolute Gasteiger partial charge is 0.484 e. The van der Waals surface area contributed by atoms with E-state index in [-0.39, 0.29) is 6.04 Å². The molecule has 36 heavy (non-hydrogen) atoms. The van der Waals surface area contributed by atoms with E-state index in [4.69, 9.17) is 24.2 Å². The van der Waals surface area contributed by atoms with Gasteiger partial charge in [-0.2, -0.15) is 4.57 Å². The summed E-state index contributed by atoms with van der Waals surface area (Å²) < 4.78 is 44.0. The minimum Gasteiger partial charge on any atom is -0.484 e. The van der Waals surface area contributed by atoms with E-state index >= 15 is 0 Å². The molecule has 3 aliphatic heterocycles. The van der Waals surface area contributed by atoms with Gasteiger partial charge >= 0.3 is 5.95 Å². The predicted octanol–water partition coefficient (Wildman–Crippen LogP) is 0.949. The highest BCUT2D eigenvalue weighted by atomic mass is 32.2. The molecule has 2 saturated heterocycles. The Morgan fingerprint density at radius 1 is 1.06 bits per heavy atom. The molecule has 11 nitrogen and oxygen atoms in total. The quantitative estimate of drug-likeness (QED) is 0.507. The summed E-state index contributed by atoms with van der Waals surface area (Å²) in [5.41, 5.74) is 2.20. The SMILES string of the molecule is CC(C)(c1nc(-[n+]2c(N3CCOCC3)[nH]c3ccccc32)nc2c1OC[C@@H]1COCCN21)S(C)(=O)=O. The third-order valence-electron chi connectivity index (χ3n) is 7.37. The molecule has 0 amide bonds. The van der Waals surface area contributed by atoms with Crippen molar-refractivity contribution in [3.8, 4) is 11.7 Å². The zero-order chi connectivity index (χ0) is 25.1. The first-order chi connectivity index (χ1) is 17.3. The Morgan fingerprint density at radius 3 is 2.58 bits per heavy atom. The number of benzene rings is 1. The lowest BCUT2D eigenvalue weighted by atomic mass is 10.1. The van der Waals surface area contributed by atoms with Gasteiger partial charge in [-0.05, 0) is 26.0 Å². The summed E-state index contributed by atoms with van der Waals surface area (Å²) in [5, 5.41) is 0. The maximum atomic E-state index is 13.0. The number of aromatic nitrogens is 4. The van der Waals surface area contributed by atoms with Crippen LogP contribution in [0.3, 0.4) is 0 Å². The highest BCUT2D eigenvalue weighted by molar-refractivity contribution is 7.91. The van der Waals surface area contributed by atoms with Gasteiger partial charge in [-0.25, -0.2) is 8.42 Å². The Hall–Kier alpha value is -2.96. The second-order valence-electron chi connectivity index (χ2n) is 9.94. The predicted molar refractivity (Wildman–Crippen MR) is 134 cm³/mol. The van der Waals surface area contributed by atoms with Crippen LogP contribution in [0.2, 0.25) is 0 Å². The Labute approximate surface area is 209 Å². The van der Waals surface area contributed by atoms with Crippen molar-refractivity contribution in [1.29, 1.82) is 0 Å². The summed E-state index contributed by atoms with van der Waals surface area (Å²) in [4.78, 5) is 17.9. The zero-order valence-corrected chi connectivity index (χ0v) is 21.5. The van der Waals surface area contributed by atoms with Gasteiger partial charge in [0.2, 0.25) is 11.6 Å². The number of anilines is 2. The van der Waals surface area contributed by atoms with E-state index in [1.54, 1.807) is 13.8 Å². The zero-order valence-electron chi connectivity index (χ0n) is 20.7. The number of aromatic amines is 1. The van der Waals surface area contributed by atoms with E-state index < -0.39 is 14.6 Å². The third-order valence-corrected chi connectivity index (χ3v) is 9.41. The molecule has 2 fully saturated rings. The highest BCUT2D eigenvalue weighted by Gasteiger charge is 2.45. The van der Waals surface area contributed by atoms with Crippen molar-refractivity contribution in [3.63, 3.8) is 0 Å². The van der Waals surface area contributed by atoms with Crippen LogP contribution in [0.5, 0.6) is 5.75 Å². The van der Waals surface area contributed by atoms with E-state index in [1.165, 1.54) is 6.26 Å². The molecule has 12 heteroatoms. The molecule has 0 spiro atoms. The van der Waals surface area contributed by atoms with Crippen LogP contribution in [-0.4, -0.2) is 88.3 Å². The number of fused-ring (bicyclic) bond motifs is 4. The van der Waals surface area contributed by atoms with Crippen molar-refractivity contribution in [1.82, 2.24) is 15.0 Å². The fourth-order valence-electron chi connectivity index (χ4n) is 4.95. The Kier molecular flexibility index (Phi) is 5.58. The second kappa shape index (κ2) is 8.56. The van der Waals surface area contributed by atoms with Gasteiger partial charge in [0.1, 0.15) is 22.4 Å². The van der Waals surface area contributed by atoms with Gasteiger partial charge in [0.15, 0.2) is 15.5 Å². The number of hydrogen-bond donors (Lipinski definition) is 1. The fourth-order valence-corrected chi connectivity index (χ4v) is 5.44. The third kappa shape index (κ3) is 3.70. The molecular formula is C24H31N6O5S+. The Morgan fingerprint density at radius 2 is 1.81 bits per heavy atom. The molecule has 3 aliphatic rings. The first kappa shape index (κ1) is 23.4. The topological polar surface area (TPSA) is 114 Å². The van der Waals surface area contributed by atoms with Gasteiger partial charge < -0.3 is 19.1 Å². The maximum absolute atomic E-state index is 13.0. The van der Waals surface area contributed by atoms with E-state index in [2.05, 4.69) is 14.8 Å². The van der Waals surface area contributed by atoms with Crippen LogP contribution in [0.4, 0.5) is 11.8 Å². The van der Waals surface area contributed by atoms with Crippen LogP contribution in [0.25, 0.3) is 17.0 Å². The number of ether oxygens (including phenoxy) is 3. The summed E-state index contributed by atoms with van der Waals surface area (Å²) in [6.45, 7) is 8.15. The van der Waals surface area contributed by atoms with Crippen molar-refractivity contribution in [2.75, 3.05) is 68.7 Å². The monoisotopic (exact) mass is 515 g/mol. The molecule has 1 atom stereocenters. The molecular weight excluding hydrogens is 484 g/mol. The maximum Gasteiger partial charge on any atom is 0.363 e. The molecule has 0 aliphatic carbocycles. The van der Waals surface area contributed by atoms with Gasteiger partial charge in [-0.15, -0.1) is 9.97 Å². The van der Waals surface area contributed by atoms with Crippen LogP contribution in [0.15, 0.2) is 24.3 Å². The summed E-state index contributed by atoms with van der Waals surface area (Å²) >= 11 is 0. The number of morpholine rings is 2. The number of H-pyrrole nitrogens is 1. The van der Waals surface area contributed by atoms with Crippen LogP contribution in [0, 0.1) is 0 Å². The van der Waals surface area contributed by atoms with Crippen LogP contribution in [0.1, 0.15) is 19.5 Å². The lowest BCUT2D eigenvalue weighted by molar-refractivity contribution is -0.562. The van der Waals surface area contributed by atoms with E-state index in [0.717, 1.165) is 17.0 Å². The molecule has 0 unspecified atom stereocenters. The van der Waals surface area contributed by atoms with Crippen molar-refractivity contribution in [2.24, 2.45) is 0 Å². The number of nitrogens with one attached hydrogen (secondary N) is 1. The molecule has 0 radical (unpaired) electrons. The minimum atomic E-state index is -3.53. The lowest BCUT2D eigenvalue weighted by Crippen LogP contribution is -2.53. The molecule has 6 rings (SSSR count). The van der Waals surface area contributed by atoms with Crippen molar-refractivity contribution in [2.45, 2.75) is 24.6 Å². The molecule has 2 aromatic heterocycles. The van der Waals surface area contributed by atoms with Gasteiger partial charge in [0.05, 0.1) is 45.6 Å². The average Bonchev–Trinajstić information content (AvgIpc) is 3.27. The Bertz CT molecular complexity index is 1420. The van der Waals surface area contributed by atoms with Crippen LogP contribution in [-0.2, 0) is 24.1 Å². The highest BCUT2D eigenvalue weighted by Crippen LogP contribution is 2.42. The molecule has 192 valence electrons. The van der Waals surface area contributed by atoms with E-state index in [9.17, 15) is 8.42 Å². The smallest absolute Gasteiger partial charge is 0.363 e. The van der Waals surface area contributed by atoms with Crippen molar-refractivity contribution < 1.29 is 27.2 Å². The first-order valence-corrected chi connectivity index (χ1v) is 14.1. The number of para-hydroxylation sites is 2. The van der Waals surface area contributed by atoms with Gasteiger partial charge in [0.25, 0.3) is 5.95 Å². The standard InChI is InChI=1S/C24H30N6O5S/c1-24(2,36(3,31)32)20-19-21(29-10-13-34-14-16(29)15-35-19)27-22(26-20)30-18-7-5-4-6-17(18)25-23(30)28-8-11-33-12-9-28/h4-7,16H,8-15H2,1-3H3/p+1/t16-/m0/s1. The summed E-state index contributed by atoms with van der Waals surface area (Å²) in [6.07, 6.45) is 1.24. The van der Waals surface area contributed by atoms with Crippen molar-refractivity contribution >= 4 is 32.6 Å². The summed E-state index contributed by atoms with van der Waals surface area (Å²) in [6, 6.07) is 7.97. The molecule has 3 aromatic rings. The Balaban J connectivity index is 1.62. The number of rotatable bonds is 4. The van der Waals surface area contributed by atoms with Gasteiger partial charge in [0, 0.05) is 12.8 Å². The van der Waals surface area contributed by atoms with Crippen molar-refractivity contribution in [3.05, 3.63) is 30.0 Å². The molecule has 0 saturated carbocycles. The van der Waals surface area contributed by atoms with E-state index in [1.807, 2.05) is 28.8 Å². The molecule has 1 aromatic carbocycles.